The van der Waals surface area contributed by atoms with Crippen LogP contribution in [0.25, 0.3) is 0 Å². The van der Waals surface area contributed by atoms with Crippen LogP contribution in [-0.4, -0.2) is 37.8 Å². The number of nitrogens with zero attached hydrogens (tertiary/aromatic N) is 3. The third-order valence-electron chi connectivity index (χ3n) is 3.31. The number of aromatic nitrogens is 2. The van der Waals surface area contributed by atoms with Crippen LogP contribution < -0.4 is 0 Å². The van der Waals surface area contributed by atoms with Gasteiger partial charge >= 0.3 is 5.97 Å². The summed E-state index contributed by atoms with van der Waals surface area (Å²) in [4.78, 5) is 12.9. The standard InChI is InChI=1S/C14H24ClN3O2/c1-6-10-13(15)11(18(7-2)16-10)8-17(9-12(19)20)14(3,4)5/h6-9H2,1-5H3,(H,19,20). The number of halogens is 1. The highest BCUT2D eigenvalue weighted by Gasteiger charge is 2.26. The monoisotopic (exact) mass is 301 g/mol. The Morgan fingerprint density at radius 2 is 2.00 bits per heavy atom. The molecule has 1 rings (SSSR count). The second-order valence-electron chi connectivity index (χ2n) is 5.80. The molecule has 0 fully saturated rings. The Kier molecular flexibility index (Phi) is 5.59. The average Bonchev–Trinajstić information content (AvgIpc) is 2.63. The quantitative estimate of drug-likeness (QED) is 0.878. The zero-order valence-electron chi connectivity index (χ0n) is 12.9. The van der Waals surface area contributed by atoms with E-state index in [0.717, 1.165) is 24.4 Å². The SMILES string of the molecule is CCc1nn(CC)c(CN(CC(=O)O)C(C)(C)C)c1Cl. The molecule has 1 heterocycles. The lowest BCUT2D eigenvalue weighted by atomic mass is 10.1. The Morgan fingerprint density at radius 1 is 1.40 bits per heavy atom. The van der Waals surface area contributed by atoms with E-state index in [2.05, 4.69) is 5.10 Å². The third kappa shape index (κ3) is 3.96. The highest BCUT2D eigenvalue weighted by atomic mass is 35.5. The van der Waals surface area contributed by atoms with E-state index in [4.69, 9.17) is 16.7 Å². The molecule has 0 unspecified atom stereocenters. The van der Waals surface area contributed by atoms with E-state index in [-0.39, 0.29) is 12.1 Å². The van der Waals surface area contributed by atoms with Crippen molar-refractivity contribution in [2.75, 3.05) is 6.54 Å². The zero-order chi connectivity index (χ0) is 15.5. The largest absolute Gasteiger partial charge is 0.480 e. The number of aryl methyl sites for hydroxylation is 2. The average molecular weight is 302 g/mol. The molecule has 0 aliphatic heterocycles. The molecule has 0 aromatic carbocycles. The molecule has 0 aliphatic carbocycles. The van der Waals surface area contributed by atoms with E-state index >= 15 is 0 Å². The van der Waals surface area contributed by atoms with Crippen molar-refractivity contribution in [3.63, 3.8) is 0 Å². The first kappa shape index (κ1) is 17.0. The lowest BCUT2D eigenvalue weighted by molar-refractivity contribution is -0.140. The number of carboxylic acid groups (broad SMARTS) is 1. The first-order chi connectivity index (χ1) is 9.20. The molecule has 0 bridgehead atoms. The van der Waals surface area contributed by atoms with Crippen molar-refractivity contribution in [2.24, 2.45) is 0 Å². The van der Waals surface area contributed by atoms with Gasteiger partial charge in [0.2, 0.25) is 0 Å². The van der Waals surface area contributed by atoms with Crippen LogP contribution in [0.15, 0.2) is 0 Å². The van der Waals surface area contributed by atoms with Crippen molar-refractivity contribution in [2.45, 2.75) is 59.7 Å². The predicted molar refractivity (Wildman–Crippen MR) is 80.1 cm³/mol. The summed E-state index contributed by atoms with van der Waals surface area (Å²) >= 11 is 6.38. The van der Waals surface area contributed by atoms with E-state index in [0.29, 0.717) is 11.6 Å². The minimum absolute atomic E-state index is 0.0177. The molecule has 0 radical (unpaired) electrons. The van der Waals surface area contributed by atoms with Gasteiger partial charge in [0.1, 0.15) is 0 Å². The normalized spacial score (nSPS) is 12.2. The molecule has 1 N–H and O–H groups in total. The summed E-state index contributed by atoms with van der Waals surface area (Å²) in [6.45, 7) is 11.2. The van der Waals surface area contributed by atoms with Gasteiger partial charge in [-0.15, -0.1) is 0 Å². The van der Waals surface area contributed by atoms with Crippen LogP contribution in [-0.2, 0) is 24.3 Å². The number of carbonyl (C=O) groups is 1. The Hall–Kier alpha value is -1.07. The van der Waals surface area contributed by atoms with E-state index < -0.39 is 5.97 Å². The van der Waals surface area contributed by atoms with Gasteiger partial charge in [-0.3, -0.25) is 14.4 Å². The number of hydrogen-bond donors (Lipinski definition) is 1. The molecule has 20 heavy (non-hydrogen) atoms. The second-order valence-corrected chi connectivity index (χ2v) is 6.18. The molecule has 5 nitrogen and oxygen atoms in total. The van der Waals surface area contributed by atoms with Crippen molar-refractivity contribution >= 4 is 17.6 Å². The van der Waals surface area contributed by atoms with Crippen LogP contribution in [0, 0.1) is 0 Å². The van der Waals surface area contributed by atoms with Crippen LogP contribution in [0.2, 0.25) is 5.02 Å². The van der Waals surface area contributed by atoms with Crippen molar-refractivity contribution < 1.29 is 9.90 Å². The van der Waals surface area contributed by atoms with Gasteiger partial charge in [0.15, 0.2) is 0 Å². The van der Waals surface area contributed by atoms with Crippen LogP contribution in [0.4, 0.5) is 0 Å². The maximum absolute atomic E-state index is 11.1. The predicted octanol–water partition coefficient (Wildman–Crippen LogP) is 2.80. The number of aliphatic carboxylic acids is 1. The molecule has 1 aromatic rings. The molecule has 0 atom stereocenters. The summed E-state index contributed by atoms with van der Waals surface area (Å²) in [5, 5.41) is 14.2. The fourth-order valence-electron chi connectivity index (χ4n) is 2.04. The summed E-state index contributed by atoms with van der Waals surface area (Å²) < 4.78 is 1.86. The second kappa shape index (κ2) is 6.59. The Balaban J connectivity index is 3.10. The highest BCUT2D eigenvalue weighted by Crippen LogP contribution is 2.25. The minimum atomic E-state index is -0.839. The molecule has 1 aromatic heterocycles. The lowest BCUT2D eigenvalue weighted by Crippen LogP contribution is -2.44. The molecule has 0 amide bonds. The molecule has 0 saturated carbocycles. The van der Waals surface area contributed by atoms with Gasteiger partial charge in [-0.2, -0.15) is 5.10 Å². The molecule has 0 saturated heterocycles. The number of rotatable bonds is 6. The molecule has 114 valence electrons. The van der Waals surface area contributed by atoms with Gasteiger partial charge in [-0.05, 0) is 34.1 Å². The Labute approximate surface area is 125 Å². The molecule has 0 aliphatic rings. The Bertz CT molecular complexity index is 477. The summed E-state index contributed by atoms with van der Waals surface area (Å²) in [7, 11) is 0. The Morgan fingerprint density at radius 3 is 2.40 bits per heavy atom. The van der Waals surface area contributed by atoms with Crippen molar-refractivity contribution in [3.8, 4) is 0 Å². The maximum Gasteiger partial charge on any atom is 0.317 e. The summed E-state index contributed by atoms with van der Waals surface area (Å²) in [5.41, 5.74) is 1.51. The van der Waals surface area contributed by atoms with Gasteiger partial charge in [0.05, 0.1) is 23.0 Å². The van der Waals surface area contributed by atoms with E-state index in [1.165, 1.54) is 0 Å². The van der Waals surface area contributed by atoms with Crippen LogP contribution in [0.5, 0.6) is 0 Å². The minimum Gasteiger partial charge on any atom is -0.480 e. The van der Waals surface area contributed by atoms with E-state index in [1.807, 2.05) is 44.2 Å². The number of hydrogen-bond acceptors (Lipinski definition) is 3. The smallest absolute Gasteiger partial charge is 0.317 e. The van der Waals surface area contributed by atoms with E-state index in [1.54, 1.807) is 0 Å². The molecular formula is C14H24ClN3O2. The molecular weight excluding hydrogens is 278 g/mol. The highest BCUT2D eigenvalue weighted by molar-refractivity contribution is 6.31. The lowest BCUT2D eigenvalue weighted by Gasteiger charge is -2.34. The first-order valence-corrected chi connectivity index (χ1v) is 7.29. The third-order valence-corrected chi connectivity index (χ3v) is 3.75. The summed E-state index contributed by atoms with van der Waals surface area (Å²) in [6.07, 6.45) is 0.771. The fraction of sp³-hybridized carbons (Fsp3) is 0.714. The van der Waals surface area contributed by atoms with Crippen LogP contribution in [0.3, 0.4) is 0 Å². The maximum atomic E-state index is 11.1. The zero-order valence-corrected chi connectivity index (χ0v) is 13.7. The van der Waals surface area contributed by atoms with Crippen molar-refractivity contribution in [3.05, 3.63) is 16.4 Å². The summed E-state index contributed by atoms with van der Waals surface area (Å²) in [6, 6.07) is 0. The van der Waals surface area contributed by atoms with Crippen LogP contribution in [0.1, 0.15) is 46.0 Å². The van der Waals surface area contributed by atoms with Crippen molar-refractivity contribution in [1.82, 2.24) is 14.7 Å². The molecule has 0 spiro atoms. The number of carboxylic acids is 1. The summed E-state index contributed by atoms with van der Waals surface area (Å²) in [5.74, 6) is -0.839. The van der Waals surface area contributed by atoms with Crippen LogP contribution >= 0.6 is 11.6 Å². The fourth-order valence-corrected chi connectivity index (χ4v) is 2.37. The van der Waals surface area contributed by atoms with Gasteiger partial charge in [-0.1, -0.05) is 18.5 Å². The van der Waals surface area contributed by atoms with E-state index in [9.17, 15) is 4.79 Å². The van der Waals surface area contributed by atoms with Gasteiger partial charge < -0.3 is 5.11 Å². The van der Waals surface area contributed by atoms with Gasteiger partial charge in [-0.25, -0.2) is 0 Å². The van der Waals surface area contributed by atoms with Crippen molar-refractivity contribution in [1.29, 1.82) is 0 Å². The topological polar surface area (TPSA) is 58.4 Å². The van der Waals surface area contributed by atoms with Gasteiger partial charge in [0, 0.05) is 18.6 Å². The molecule has 6 heteroatoms. The van der Waals surface area contributed by atoms with Gasteiger partial charge in [0.25, 0.3) is 0 Å². The first-order valence-electron chi connectivity index (χ1n) is 6.91.